The third-order valence-electron chi connectivity index (χ3n) is 2.73. The predicted octanol–water partition coefficient (Wildman–Crippen LogP) is 4.39. The van der Waals surface area contributed by atoms with Gasteiger partial charge in [-0.1, -0.05) is 29.8 Å². The molecular weight excluding hydrogens is 333 g/mol. The summed E-state index contributed by atoms with van der Waals surface area (Å²) < 4.78 is 14.3. The zero-order chi connectivity index (χ0) is 13.8. The van der Waals surface area contributed by atoms with Gasteiger partial charge in [-0.25, -0.2) is 4.39 Å². The highest BCUT2D eigenvalue weighted by atomic mass is 79.9. The zero-order valence-corrected chi connectivity index (χ0v) is 12.2. The van der Waals surface area contributed by atoms with Crippen LogP contribution in [0.25, 0.3) is 0 Å². The first-order valence-corrected chi connectivity index (χ1v) is 6.86. The number of hydrogen-bond donors (Lipinski definition) is 2. The number of para-hydroxylation sites is 1. The molecule has 0 radical (unpaired) electrons. The van der Waals surface area contributed by atoms with Crippen LogP contribution in [-0.2, 0) is 0 Å². The first kappa shape index (κ1) is 14.3. The van der Waals surface area contributed by atoms with Gasteiger partial charge in [0.15, 0.2) is 0 Å². The van der Waals surface area contributed by atoms with Crippen LogP contribution in [0.3, 0.4) is 0 Å². The predicted molar refractivity (Wildman–Crippen MR) is 79.0 cm³/mol. The fourth-order valence-corrected chi connectivity index (χ4v) is 2.24. The third-order valence-corrected chi connectivity index (χ3v) is 3.95. The van der Waals surface area contributed by atoms with E-state index in [1.54, 1.807) is 36.4 Å². The first-order valence-electron chi connectivity index (χ1n) is 5.68. The molecule has 1 atom stereocenters. The molecule has 0 bridgehead atoms. The monoisotopic (exact) mass is 343 g/mol. The van der Waals surface area contributed by atoms with Crippen molar-refractivity contribution in [1.29, 1.82) is 0 Å². The van der Waals surface area contributed by atoms with Crippen molar-refractivity contribution in [2.45, 2.75) is 6.04 Å². The van der Waals surface area contributed by atoms with Crippen LogP contribution in [0.5, 0.6) is 0 Å². The topological polar surface area (TPSA) is 32.3 Å². The Bertz CT molecular complexity index is 579. The molecule has 5 heteroatoms. The number of benzene rings is 2. The Kier molecular flexibility index (Phi) is 4.80. The summed E-state index contributed by atoms with van der Waals surface area (Å²) in [7, 11) is 0. The smallest absolute Gasteiger partial charge is 0.146 e. The molecule has 2 aromatic carbocycles. The van der Waals surface area contributed by atoms with Gasteiger partial charge < -0.3 is 10.4 Å². The Hall–Kier alpha value is -1.10. The number of anilines is 1. The van der Waals surface area contributed by atoms with Gasteiger partial charge in [0.05, 0.1) is 23.4 Å². The van der Waals surface area contributed by atoms with Crippen LogP contribution in [0.4, 0.5) is 10.1 Å². The van der Waals surface area contributed by atoms with Crippen LogP contribution in [0.15, 0.2) is 46.9 Å². The van der Waals surface area contributed by atoms with Crippen LogP contribution in [0, 0.1) is 5.82 Å². The number of aliphatic hydroxyl groups is 1. The zero-order valence-electron chi connectivity index (χ0n) is 9.91. The van der Waals surface area contributed by atoms with E-state index in [-0.39, 0.29) is 12.4 Å². The second-order valence-corrected chi connectivity index (χ2v) is 5.29. The summed E-state index contributed by atoms with van der Waals surface area (Å²) in [4.78, 5) is 0. The third kappa shape index (κ3) is 3.47. The van der Waals surface area contributed by atoms with Crippen molar-refractivity contribution < 1.29 is 9.50 Å². The largest absolute Gasteiger partial charge is 0.394 e. The SMILES string of the molecule is OCC(Nc1ccccc1F)c1ccc(Cl)c(Br)c1. The lowest BCUT2D eigenvalue weighted by Gasteiger charge is -2.19. The minimum Gasteiger partial charge on any atom is -0.394 e. The van der Waals surface area contributed by atoms with E-state index in [9.17, 15) is 9.50 Å². The van der Waals surface area contributed by atoms with Crippen molar-refractivity contribution in [3.05, 3.63) is 63.3 Å². The van der Waals surface area contributed by atoms with Crippen LogP contribution in [0.2, 0.25) is 5.02 Å². The normalized spacial score (nSPS) is 12.2. The lowest BCUT2D eigenvalue weighted by molar-refractivity contribution is 0.276. The van der Waals surface area contributed by atoms with E-state index in [1.165, 1.54) is 6.07 Å². The van der Waals surface area contributed by atoms with Crippen molar-refractivity contribution in [2.24, 2.45) is 0 Å². The summed E-state index contributed by atoms with van der Waals surface area (Å²) in [6.45, 7) is -0.150. The molecule has 1 unspecified atom stereocenters. The highest BCUT2D eigenvalue weighted by Crippen LogP contribution is 2.28. The summed E-state index contributed by atoms with van der Waals surface area (Å²) in [6.07, 6.45) is 0. The molecule has 100 valence electrons. The van der Waals surface area contributed by atoms with Crippen LogP contribution in [0.1, 0.15) is 11.6 Å². The van der Waals surface area contributed by atoms with Crippen molar-refractivity contribution >= 4 is 33.2 Å². The molecule has 2 aromatic rings. The molecule has 0 amide bonds. The molecule has 2 N–H and O–H groups in total. The number of nitrogens with one attached hydrogen (secondary N) is 1. The maximum atomic E-state index is 13.6. The molecule has 19 heavy (non-hydrogen) atoms. The Morgan fingerprint density at radius 1 is 1.26 bits per heavy atom. The maximum absolute atomic E-state index is 13.6. The molecular formula is C14H12BrClFNO. The Balaban J connectivity index is 2.25. The van der Waals surface area contributed by atoms with E-state index in [0.29, 0.717) is 10.7 Å². The molecule has 0 aliphatic heterocycles. The molecule has 0 spiro atoms. The van der Waals surface area contributed by atoms with Crippen molar-refractivity contribution in [3.8, 4) is 0 Å². The maximum Gasteiger partial charge on any atom is 0.146 e. The van der Waals surface area contributed by atoms with Gasteiger partial charge in [-0.15, -0.1) is 0 Å². The number of aliphatic hydroxyl groups excluding tert-OH is 1. The average Bonchev–Trinajstić information content (AvgIpc) is 2.41. The van der Waals surface area contributed by atoms with Gasteiger partial charge in [0.1, 0.15) is 5.82 Å². The van der Waals surface area contributed by atoms with E-state index in [0.717, 1.165) is 10.0 Å². The van der Waals surface area contributed by atoms with Gasteiger partial charge in [0.2, 0.25) is 0 Å². The van der Waals surface area contributed by atoms with Crippen LogP contribution >= 0.6 is 27.5 Å². The summed E-state index contributed by atoms with van der Waals surface area (Å²) in [6, 6.07) is 11.3. The fraction of sp³-hybridized carbons (Fsp3) is 0.143. The number of halogens is 3. The second-order valence-electron chi connectivity index (χ2n) is 4.03. The summed E-state index contributed by atoms with van der Waals surface area (Å²) >= 11 is 9.25. The minimum absolute atomic E-state index is 0.150. The summed E-state index contributed by atoms with van der Waals surface area (Å²) in [5, 5.41) is 13.0. The van der Waals surface area contributed by atoms with Crippen molar-refractivity contribution in [2.75, 3.05) is 11.9 Å². The minimum atomic E-state index is -0.398. The van der Waals surface area contributed by atoms with Gasteiger partial charge in [0, 0.05) is 4.47 Å². The standard InChI is InChI=1S/C14H12BrClFNO/c15-10-7-9(5-6-11(10)16)14(8-19)18-13-4-2-1-3-12(13)17/h1-7,14,18-19H,8H2. The second kappa shape index (κ2) is 6.37. The van der Waals surface area contributed by atoms with Crippen LogP contribution < -0.4 is 5.32 Å². The van der Waals surface area contributed by atoms with Crippen molar-refractivity contribution in [3.63, 3.8) is 0 Å². The van der Waals surface area contributed by atoms with E-state index in [4.69, 9.17) is 11.6 Å². The number of rotatable bonds is 4. The van der Waals surface area contributed by atoms with Gasteiger partial charge >= 0.3 is 0 Å². The Morgan fingerprint density at radius 3 is 2.63 bits per heavy atom. The van der Waals surface area contributed by atoms with Crippen LogP contribution in [-0.4, -0.2) is 11.7 Å². The van der Waals surface area contributed by atoms with E-state index in [1.807, 2.05) is 0 Å². The van der Waals surface area contributed by atoms with Gasteiger partial charge in [0.25, 0.3) is 0 Å². The van der Waals surface area contributed by atoms with E-state index < -0.39 is 6.04 Å². The van der Waals surface area contributed by atoms with Crippen molar-refractivity contribution in [1.82, 2.24) is 0 Å². The molecule has 0 aliphatic rings. The lowest BCUT2D eigenvalue weighted by atomic mass is 10.1. The highest BCUT2D eigenvalue weighted by molar-refractivity contribution is 9.10. The van der Waals surface area contributed by atoms with Gasteiger partial charge in [-0.3, -0.25) is 0 Å². The average molecular weight is 345 g/mol. The molecule has 0 saturated carbocycles. The summed E-state index contributed by atoms with van der Waals surface area (Å²) in [5.74, 6) is -0.353. The lowest BCUT2D eigenvalue weighted by Crippen LogP contribution is -2.15. The highest BCUT2D eigenvalue weighted by Gasteiger charge is 2.13. The summed E-state index contributed by atoms with van der Waals surface area (Å²) in [5.41, 5.74) is 1.18. The Morgan fingerprint density at radius 2 is 2.00 bits per heavy atom. The van der Waals surface area contributed by atoms with Gasteiger partial charge in [-0.05, 0) is 45.8 Å². The molecule has 0 saturated heterocycles. The molecule has 0 fully saturated rings. The van der Waals surface area contributed by atoms with Gasteiger partial charge in [-0.2, -0.15) is 0 Å². The fourth-order valence-electron chi connectivity index (χ4n) is 1.73. The molecule has 2 rings (SSSR count). The quantitative estimate of drug-likeness (QED) is 0.862. The molecule has 0 heterocycles. The molecule has 2 nitrogen and oxygen atoms in total. The first-order chi connectivity index (χ1) is 9.11. The molecule has 0 aliphatic carbocycles. The Labute approximate surface area is 124 Å². The number of hydrogen-bond acceptors (Lipinski definition) is 2. The van der Waals surface area contributed by atoms with E-state index in [2.05, 4.69) is 21.2 Å². The molecule has 0 aromatic heterocycles. The van der Waals surface area contributed by atoms with E-state index >= 15 is 0 Å².